The normalized spacial score (nSPS) is 22.1. The van der Waals surface area contributed by atoms with Gasteiger partial charge >= 0.3 is 0 Å². The van der Waals surface area contributed by atoms with E-state index >= 15 is 0 Å². The fourth-order valence-corrected chi connectivity index (χ4v) is 6.19. The third kappa shape index (κ3) is 7.73. The number of amides is 3. The third-order valence-corrected chi connectivity index (χ3v) is 8.79. The molecule has 2 fully saturated rings. The van der Waals surface area contributed by atoms with E-state index in [1.54, 1.807) is 18.4 Å². The molecule has 4 rings (SSSR count). The number of ether oxygens (including phenoxy) is 2. The van der Waals surface area contributed by atoms with Crippen molar-refractivity contribution in [2.24, 2.45) is 5.41 Å². The lowest BCUT2D eigenvalue weighted by molar-refractivity contribution is -0.146. The maximum atomic E-state index is 13.9. The van der Waals surface area contributed by atoms with Gasteiger partial charge in [-0.25, -0.2) is 4.98 Å². The molecule has 3 heterocycles. The summed E-state index contributed by atoms with van der Waals surface area (Å²) < 4.78 is 10.8. The van der Waals surface area contributed by atoms with Gasteiger partial charge in [0.2, 0.25) is 17.7 Å². The van der Waals surface area contributed by atoms with E-state index in [9.17, 15) is 19.5 Å². The number of aromatic nitrogens is 1. The molecule has 230 valence electrons. The average Bonchev–Trinajstić information content (AvgIpc) is 3.58. The predicted octanol–water partition coefficient (Wildman–Crippen LogP) is 1.57. The van der Waals surface area contributed by atoms with Crippen LogP contribution in [0.4, 0.5) is 0 Å². The van der Waals surface area contributed by atoms with Crippen molar-refractivity contribution in [1.82, 2.24) is 25.4 Å². The van der Waals surface area contributed by atoms with Crippen molar-refractivity contribution >= 4 is 29.1 Å². The van der Waals surface area contributed by atoms with Gasteiger partial charge in [0.05, 0.1) is 42.0 Å². The topological polar surface area (TPSA) is 133 Å². The Labute approximate surface area is 251 Å². The molecule has 2 aliphatic rings. The number of nitrogens with zero attached hydrogens (tertiary/aromatic N) is 3. The maximum absolute atomic E-state index is 13.9. The van der Waals surface area contributed by atoms with Crippen LogP contribution in [-0.4, -0.2) is 108 Å². The Hall–Kier alpha value is -2.90. The lowest BCUT2D eigenvalue weighted by Crippen LogP contribution is -2.62. The molecule has 0 saturated carbocycles. The van der Waals surface area contributed by atoms with Crippen molar-refractivity contribution in [2.45, 2.75) is 64.9 Å². The molecule has 4 atom stereocenters. The number of aliphatic hydroxyl groups is 1. The Morgan fingerprint density at radius 2 is 1.93 bits per heavy atom. The van der Waals surface area contributed by atoms with E-state index in [1.165, 1.54) is 4.90 Å². The Balaban J connectivity index is 1.42. The molecule has 12 heteroatoms. The summed E-state index contributed by atoms with van der Waals surface area (Å²) in [6.07, 6.45) is -0.702. The summed E-state index contributed by atoms with van der Waals surface area (Å²) in [5, 5.41) is 16.4. The van der Waals surface area contributed by atoms with Gasteiger partial charge < -0.3 is 30.1 Å². The number of aliphatic hydroxyl groups excluding tert-OH is 1. The minimum atomic E-state index is -0.903. The number of hydrogen-bond acceptors (Lipinski definition) is 9. The van der Waals surface area contributed by atoms with Crippen LogP contribution in [0.25, 0.3) is 10.4 Å². The van der Waals surface area contributed by atoms with Crippen LogP contribution in [0.5, 0.6) is 0 Å². The summed E-state index contributed by atoms with van der Waals surface area (Å²) in [7, 11) is 1.61. The van der Waals surface area contributed by atoms with Crippen molar-refractivity contribution in [3.63, 3.8) is 0 Å². The van der Waals surface area contributed by atoms with Gasteiger partial charge in [-0.15, -0.1) is 11.3 Å². The molecule has 2 saturated heterocycles. The van der Waals surface area contributed by atoms with Gasteiger partial charge in [0.25, 0.3) is 0 Å². The number of rotatable bonds is 10. The molecule has 0 spiro atoms. The van der Waals surface area contributed by atoms with Gasteiger partial charge in [-0.2, -0.15) is 0 Å². The van der Waals surface area contributed by atoms with E-state index in [0.717, 1.165) is 21.7 Å². The fourth-order valence-electron chi connectivity index (χ4n) is 5.37. The van der Waals surface area contributed by atoms with E-state index in [2.05, 4.69) is 15.6 Å². The number of methoxy groups -OCH3 is 1. The first-order chi connectivity index (χ1) is 20.0. The second-order valence-corrected chi connectivity index (χ2v) is 12.9. The van der Waals surface area contributed by atoms with Crippen LogP contribution in [0.2, 0.25) is 0 Å². The average molecular weight is 602 g/mol. The van der Waals surface area contributed by atoms with E-state index < -0.39 is 35.6 Å². The molecule has 11 nitrogen and oxygen atoms in total. The van der Waals surface area contributed by atoms with Gasteiger partial charge in [0.15, 0.2) is 0 Å². The highest BCUT2D eigenvalue weighted by Crippen LogP contribution is 2.28. The number of thiazole rings is 1. The molecule has 1 aromatic heterocycles. The zero-order valence-electron chi connectivity index (χ0n) is 25.1. The molecule has 1 aromatic carbocycles. The van der Waals surface area contributed by atoms with E-state index in [-0.39, 0.29) is 37.9 Å². The Morgan fingerprint density at radius 1 is 1.19 bits per heavy atom. The van der Waals surface area contributed by atoms with E-state index in [0.29, 0.717) is 26.3 Å². The highest BCUT2D eigenvalue weighted by atomic mass is 32.1. The van der Waals surface area contributed by atoms with Crippen LogP contribution < -0.4 is 10.6 Å². The second kappa shape index (κ2) is 14.0. The van der Waals surface area contributed by atoms with Crippen LogP contribution in [0.15, 0.2) is 29.8 Å². The molecule has 3 amide bonds. The molecule has 2 aliphatic heterocycles. The predicted molar refractivity (Wildman–Crippen MR) is 160 cm³/mol. The van der Waals surface area contributed by atoms with Crippen molar-refractivity contribution in [3.05, 3.63) is 41.0 Å². The highest BCUT2D eigenvalue weighted by molar-refractivity contribution is 7.13. The number of morpholine rings is 1. The molecule has 0 bridgehead atoms. The minimum absolute atomic E-state index is 0.0226. The standard InChI is InChI=1S/C30H43N5O6S/c1-19-25(42-18-32-19)21-8-6-20(7-9-21)15-31-27(37)23-14-22(36)16-35(23)29(39)26(30(2,3)4)33-28(38)24-17-41-13-11-34(24)10-12-40-5/h6-9,18,22-24,26,36H,10-17H2,1-5H3,(H,31,37)(H,33,38)/t22-,23+,24-,26?/m1/s1. The number of nitrogens with one attached hydrogen (secondary N) is 2. The van der Waals surface area contributed by atoms with Gasteiger partial charge in [-0.3, -0.25) is 19.3 Å². The molecule has 3 N–H and O–H groups in total. The number of carbonyl (C=O) groups is 3. The van der Waals surface area contributed by atoms with Gasteiger partial charge in [-0.05, 0) is 23.5 Å². The molecule has 0 aliphatic carbocycles. The third-order valence-electron chi connectivity index (χ3n) is 7.82. The summed E-state index contributed by atoms with van der Waals surface area (Å²) in [6.45, 7) is 10.3. The lowest BCUT2D eigenvalue weighted by atomic mass is 9.85. The summed E-state index contributed by atoms with van der Waals surface area (Å²) in [5.74, 6) is -1.04. The van der Waals surface area contributed by atoms with Gasteiger partial charge in [0, 0.05) is 39.7 Å². The number of aryl methyl sites for hydroxylation is 1. The second-order valence-electron chi connectivity index (χ2n) is 12.0. The summed E-state index contributed by atoms with van der Waals surface area (Å²) >= 11 is 1.58. The van der Waals surface area contributed by atoms with Gasteiger partial charge in [-0.1, -0.05) is 45.0 Å². The summed E-state index contributed by atoms with van der Waals surface area (Å²) in [5.41, 5.74) is 4.13. The van der Waals surface area contributed by atoms with Crippen molar-refractivity contribution in [1.29, 1.82) is 0 Å². The first-order valence-corrected chi connectivity index (χ1v) is 15.2. The monoisotopic (exact) mass is 601 g/mol. The van der Waals surface area contributed by atoms with Crippen LogP contribution in [0.1, 0.15) is 38.4 Å². The summed E-state index contributed by atoms with van der Waals surface area (Å²) in [4.78, 5) is 49.5. The zero-order chi connectivity index (χ0) is 30.4. The molecule has 0 radical (unpaired) electrons. The van der Waals surface area contributed by atoms with Crippen molar-refractivity contribution < 1.29 is 29.0 Å². The maximum Gasteiger partial charge on any atom is 0.246 e. The largest absolute Gasteiger partial charge is 0.391 e. The summed E-state index contributed by atoms with van der Waals surface area (Å²) in [6, 6.07) is 5.61. The van der Waals surface area contributed by atoms with Crippen LogP contribution in [-0.2, 0) is 30.4 Å². The SMILES string of the molecule is COCCN1CCOC[C@@H]1C(=O)NC(C(=O)N1C[C@H](O)C[C@H]1C(=O)NCc1ccc(-c2scnc2C)cc1)C(C)(C)C. The van der Waals surface area contributed by atoms with Crippen molar-refractivity contribution in [2.75, 3.05) is 46.6 Å². The zero-order valence-corrected chi connectivity index (χ0v) is 25.9. The quantitative estimate of drug-likeness (QED) is 0.374. The number of likely N-dealkylation sites (tertiary alicyclic amines) is 1. The minimum Gasteiger partial charge on any atom is -0.391 e. The molecule has 42 heavy (non-hydrogen) atoms. The Kier molecular flexibility index (Phi) is 10.7. The fraction of sp³-hybridized carbons (Fsp3) is 0.600. The number of carbonyl (C=O) groups excluding carboxylic acids is 3. The smallest absolute Gasteiger partial charge is 0.246 e. The first-order valence-electron chi connectivity index (χ1n) is 14.4. The van der Waals surface area contributed by atoms with E-state index in [1.807, 2.05) is 62.4 Å². The number of benzene rings is 1. The van der Waals surface area contributed by atoms with Crippen LogP contribution in [0.3, 0.4) is 0 Å². The van der Waals surface area contributed by atoms with Crippen LogP contribution in [0, 0.1) is 12.3 Å². The molecular weight excluding hydrogens is 558 g/mol. The Bertz CT molecular complexity index is 1230. The molecule has 2 aromatic rings. The van der Waals surface area contributed by atoms with Gasteiger partial charge in [0.1, 0.15) is 18.1 Å². The van der Waals surface area contributed by atoms with Crippen molar-refractivity contribution in [3.8, 4) is 10.4 Å². The first kappa shape index (κ1) is 32.0. The Morgan fingerprint density at radius 3 is 2.57 bits per heavy atom. The molecule has 1 unspecified atom stereocenters. The van der Waals surface area contributed by atoms with Crippen LogP contribution >= 0.6 is 11.3 Å². The van der Waals surface area contributed by atoms with E-state index in [4.69, 9.17) is 9.47 Å². The number of β-amino-alcohol motifs (C(OH)–C–C–N with tert-alkyl or cyclic N) is 1. The highest BCUT2D eigenvalue weighted by Gasteiger charge is 2.45. The number of hydrogen-bond donors (Lipinski definition) is 3. The molecular formula is C30H43N5O6S. The lowest BCUT2D eigenvalue weighted by Gasteiger charge is -2.38.